The number of aliphatic hydroxyl groups is 1. The van der Waals surface area contributed by atoms with E-state index in [2.05, 4.69) is 10.3 Å². The third-order valence-electron chi connectivity index (χ3n) is 6.04. The standard InChI is InChI=1S/C25H25FN4O3/c1-16-11-30(15-27-16)18-7-5-17(6-8-18)12-29-13-19(24-20(26)3-2-4-22(24)29)25(32)28-21-9-10-33-14-23(21)31/h2-8,11,13,15,21,23,31H,9-10,12,14H2,1H3,(H,28,32)/t21-,23-/m0/s1. The van der Waals surface area contributed by atoms with E-state index in [0.29, 0.717) is 25.1 Å². The Kier molecular flexibility index (Phi) is 5.70. The monoisotopic (exact) mass is 448 g/mol. The molecule has 170 valence electrons. The van der Waals surface area contributed by atoms with Gasteiger partial charge in [-0.05, 0) is 43.2 Å². The average molecular weight is 448 g/mol. The molecule has 2 aromatic carbocycles. The molecule has 1 aliphatic heterocycles. The number of halogens is 1. The molecule has 0 aliphatic carbocycles. The Morgan fingerprint density at radius 1 is 1.24 bits per heavy atom. The van der Waals surface area contributed by atoms with Gasteiger partial charge in [-0.3, -0.25) is 4.79 Å². The van der Waals surface area contributed by atoms with Crippen molar-refractivity contribution in [2.45, 2.75) is 32.0 Å². The molecule has 0 bridgehead atoms. The van der Waals surface area contributed by atoms with E-state index in [1.165, 1.54) is 6.07 Å². The number of imidazole rings is 1. The van der Waals surface area contributed by atoms with Gasteiger partial charge in [0.2, 0.25) is 0 Å². The fraction of sp³-hybridized carbons (Fsp3) is 0.280. The molecule has 1 aliphatic rings. The summed E-state index contributed by atoms with van der Waals surface area (Å²) >= 11 is 0. The molecule has 3 heterocycles. The molecule has 1 fully saturated rings. The number of amides is 1. The average Bonchev–Trinajstić information content (AvgIpc) is 3.41. The lowest BCUT2D eigenvalue weighted by Crippen LogP contribution is -2.48. The van der Waals surface area contributed by atoms with Crippen molar-refractivity contribution in [3.63, 3.8) is 0 Å². The molecule has 33 heavy (non-hydrogen) atoms. The van der Waals surface area contributed by atoms with Gasteiger partial charge in [0.05, 0.1) is 41.9 Å². The molecule has 8 heteroatoms. The molecule has 0 unspecified atom stereocenters. The van der Waals surface area contributed by atoms with Crippen molar-refractivity contribution < 1.29 is 19.0 Å². The van der Waals surface area contributed by atoms with Crippen molar-refractivity contribution >= 4 is 16.8 Å². The first-order chi connectivity index (χ1) is 16.0. The maximum absolute atomic E-state index is 14.8. The zero-order chi connectivity index (χ0) is 22.9. The molecule has 0 radical (unpaired) electrons. The van der Waals surface area contributed by atoms with Gasteiger partial charge in [0.25, 0.3) is 5.91 Å². The van der Waals surface area contributed by atoms with Crippen LogP contribution in [0.2, 0.25) is 0 Å². The maximum atomic E-state index is 14.8. The summed E-state index contributed by atoms with van der Waals surface area (Å²) in [5.41, 5.74) is 3.86. The minimum atomic E-state index is -0.779. The summed E-state index contributed by atoms with van der Waals surface area (Å²) in [7, 11) is 0. The Hall–Kier alpha value is -3.49. The van der Waals surface area contributed by atoms with Gasteiger partial charge in [-0.25, -0.2) is 9.37 Å². The first-order valence-electron chi connectivity index (χ1n) is 10.9. The smallest absolute Gasteiger partial charge is 0.253 e. The lowest BCUT2D eigenvalue weighted by Gasteiger charge is -2.28. The van der Waals surface area contributed by atoms with Crippen LogP contribution in [0.15, 0.2) is 61.2 Å². The zero-order valence-electron chi connectivity index (χ0n) is 18.2. The molecule has 2 atom stereocenters. The predicted molar refractivity (Wildman–Crippen MR) is 122 cm³/mol. The molecule has 2 N–H and O–H groups in total. The number of hydrogen-bond donors (Lipinski definition) is 2. The zero-order valence-corrected chi connectivity index (χ0v) is 18.2. The molecule has 7 nitrogen and oxygen atoms in total. The SMILES string of the molecule is Cc1cn(-c2ccc(Cn3cc(C(=O)N[C@H]4CCOC[C@@H]4O)c4c(F)cccc43)cc2)cn1. The van der Waals surface area contributed by atoms with Crippen molar-refractivity contribution in [3.05, 3.63) is 83.8 Å². The van der Waals surface area contributed by atoms with Crippen LogP contribution in [0.5, 0.6) is 0 Å². The van der Waals surface area contributed by atoms with Crippen molar-refractivity contribution in [2.24, 2.45) is 0 Å². The second-order valence-corrected chi connectivity index (χ2v) is 8.40. The molecule has 1 saturated heterocycles. The van der Waals surface area contributed by atoms with Gasteiger partial charge in [-0.2, -0.15) is 0 Å². The van der Waals surface area contributed by atoms with Crippen LogP contribution in [0.3, 0.4) is 0 Å². The highest BCUT2D eigenvalue weighted by molar-refractivity contribution is 6.07. The topological polar surface area (TPSA) is 81.3 Å². The number of aryl methyl sites for hydroxylation is 1. The number of nitrogens with one attached hydrogen (secondary N) is 1. The number of nitrogens with zero attached hydrogens (tertiary/aromatic N) is 3. The van der Waals surface area contributed by atoms with Crippen LogP contribution < -0.4 is 5.32 Å². The summed E-state index contributed by atoms with van der Waals surface area (Å²) in [6, 6.07) is 12.4. The Bertz CT molecular complexity index is 1290. The third kappa shape index (κ3) is 4.27. The number of hydrogen-bond acceptors (Lipinski definition) is 4. The highest BCUT2D eigenvalue weighted by atomic mass is 19.1. The van der Waals surface area contributed by atoms with E-state index < -0.39 is 23.9 Å². The van der Waals surface area contributed by atoms with E-state index in [0.717, 1.165) is 16.9 Å². The van der Waals surface area contributed by atoms with E-state index in [1.54, 1.807) is 24.7 Å². The number of ether oxygens (including phenoxy) is 1. The van der Waals surface area contributed by atoms with E-state index in [4.69, 9.17) is 4.74 Å². The summed E-state index contributed by atoms with van der Waals surface area (Å²) in [4.78, 5) is 17.3. The highest BCUT2D eigenvalue weighted by Gasteiger charge is 2.27. The second-order valence-electron chi connectivity index (χ2n) is 8.40. The number of fused-ring (bicyclic) bond motifs is 1. The second kappa shape index (κ2) is 8.80. The minimum absolute atomic E-state index is 0.176. The van der Waals surface area contributed by atoms with Crippen molar-refractivity contribution in [1.82, 2.24) is 19.4 Å². The van der Waals surface area contributed by atoms with Gasteiger partial charge < -0.3 is 24.3 Å². The molecule has 5 rings (SSSR count). The Morgan fingerprint density at radius 3 is 2.79 bits per heavy atom. The Labute approximate surface area is 190 Å². The molecule has 0 saturated carbocycles. The van der Waals surface area contributed by atoms with Crippen LogP contribution in [0.25, 0.3) is 16.6 Å². The van der Waals surface area contributed by atoms with Crippen LogP contribution in [-0.4, -0.2) is 50.5 Å². The van der Waals surface area contributed by atoms with E-state index in [9.17, 15) is 14.3 Å². The van der Waals surface area contributed by atoms with Gasteiger partial charge in [0.1, 0.15) is 5.82 Å². The van der Waals surface area contributed by atoms with Crippen molar-refractivity contribution in [3.8, 4) is 5.69 Å². The minimum Gasteiger partial charge on any atom is -0.389 e. The van der Waals surface area contributed by atoms with Crippen LogP contribution in [0.4, 0.5) is 4.39 Å². The molecular weight excluding hydrogens is 423 g/mol. The van der Waals surface area contributed by atoms with Crippen LogP contribution in [0.1, 0.15) is 28.0 Å². The number of carbonyl (C=O) groups excluding carboxylic acids is 1. The van der Waals surface area contributed by atoms with Gasteiger partial charge >= 0.3 is 0 Å². The van der Waals surface area contributed by atoms with Gasteiger partial charge in [0.15, 0.2) is 0 Å². The van der Waals surface area contributed by atoms with E-state index in [-0.39, 0.29) is 17.6 Å². The van der Waals surface area contributed by atoms with Gasteiger partial charge in [0, 0.05) is 36.6 Å². The number of aromatic nitrogens is 3. The third-order valence-corrected chi connectivity index (χ3v) is 6.04. The first kappa shape index (κ1) is 21.4. The van der Waals surface area contributed by atoms with Crippen LogP contribution >= 0.6 is 0 Å². The number of carbonyl (C=O) groups is 1. The summed E-state index contributed by atoms with van der Waals surface area (Å²) in [6.45, 7) is 3.07. The fourth-order valence-corrected chi connectivity index (χ4v) is 4.28. The molecule has 2 aromatic heterocycles. The summed E-state index contributed by atoms with van der Waals surface area (Å²) in [5.74, 6) is -0.852. The largest absolute Gasteiger partial charge is 0.389 e. The quantitative estimate of drug-likeness (QED) is 0.491. The number of aliphatic hydroxyl groups excluding tert-OH is 1. The van der Waals surface area contributed by atoms with Crippen molar-refractivity contribution in [1.29, 1.82) is 0 Å². The maximum Gasteiger partial charge on any atom is 0.253 e. The summed E-state index contributed by atoms with van der Waals surface area (Å²) in [5, 5.41) is 13.2. The van der Waals surface area contributed by atoms with Gasteiger partial charge in [-0.15, -0.1) is 0 Å². The molecule has 4 aromatic rings. The lowest BCUT2D eigenvalue weighted by molar-refractivity contribution is -0.0260. The highest BCUT2D eigenvalue weighted by Crippen LogP contribution is 2.26. The first-order valence-corrected chi connectivity index (χ1v) is 10.9. The molecular formula is C25H25FN4O3. The Morgan fingerprint density at radius 2 is 2.06 bits per heavy atom. The van der Waals surface area contributed by atoms with Crippen LogP contribution in [-0.2, 0) is 11.3 Å². The summed E-state index contributed by atoms with van der Waals surface area (Å²) < 4.78 is 23.8. The molecule has 1 amide bonds. The normalized spacial score (nSPS) is 18.5. The summed E-state index contributed by atoms with van der Waals surface area (Å²) in [6.07, 6.45) is 5.14. The van der Waals surface area contributed by atoms with E-state index in [1.807, 2.05) is 46.5 Å². The Balaban J connectivity index is 1.43. The molecule has 0 spiro atoms. The lowest BCUT2D eigenvalue weighted by atomic mass is 10.1. The fourth-order valence-electron chi connectivity index (χ4n) is 4.28. The van der Waals surface area contributed by atoms with E-state index >= 15 is 0 Å². The predicted octanol–water partition coefficient (Wildman–Crippen LogP) is 3.20. The van der Waals surface area contributed by atoms with Gasteiger partial charge in [-0.1, -0.05) is 18.2 Å². The van der Waals surface area contributed by atoms with Crippen LogP contribution in [0, 0.1) is 12.7 Å². The number of benzene rings is 2. The van der Waals surface area contributed by atoms with Crippen molar-refractivity contribution in [2.75, 3.05) is 13.2 Å². The number of rotatable bonds is 5.